The van der Waals surface area contributed by atoms with Crippen molar-refractivity contribution in [1.29, 1.82) is 0 Å². The Labute approximate surface area is 138 Å². The summed E-state index contributed by atoms with van der Waals surface area (Å²) in [5, 5.41) is 14.0. The van der Waals surface area contributed by atoms with Crippen molar-refractivity contribution in [2.45, 2.75) is 6.54 Å². The van der Waals surface area contributed by atoms with Crippen LogP contribution in [0.5, 0.6) is 5.75 Å². The highest BCUT2D eigenvalue weighted by molar-refractivity contribution is 9.11. The third-order valence-corrected chi connectivity index (χ3v) is 4.12. The molecule has 2 rings (SSSR count). The topological polar surface area (TPSA) is 64.4 Å². The first kappa shape index (κ1) is 15.8. The Balaban J connectivity index is 2.16. The molecular formula is C14H12Br2N2O3. The molecule has 0 amide bonds. The first-order chi connectivity index (χ1) is 10.0. The highest BCUT2D eigenvalue weighted by atomic mass is 79.9. The number of hydrogen-bond acceptors (Lipinski definition) is 4. The van der Waals surface area contributed by atoms with Crippen molar-refractivity contribution in [1.82, 2.24) is 0 Å². The number of ether oxygens (including phenoxy) is 1. The van der Waals surface area contributed by atoms with E-state index in [-0.39, 0.29) is 5.69 Å². The third kappa shape index (κ3) is 3.95. The van der Waals surface area contributed by atoms with Gasteiger partial charge in [-0.2, -0.15) is 0 Å². The number of nitrogens with zero attached hydrogens (tertiary/aromatic N) is 1. The minimum absolute atomic E-state index is 0.0850. The SMILES string of the molecule is COc1cc(NCc2cccc([N+](=O)[O-])c2)c(Br)cc1Br. The standard InChI is InChI=1S/C14H12Br2N2O3/c1-21-14-7-13(11(15)6-12(14)16)17-8-9-3-2-4-10(5-9)18(19)20/h2-7,17H,8H2,1H3. The fourth-order valence-corrected chi connectivity index (χ4v) is 3.09. The van der Waals surface area contributed by atoms with Crippen LogP contribution in [0.1, 0.15) is 5.56 Å². The molecule has 0 aromatic heterocycles. The van der Waals surface area contributed by atoms with Gasteiger partial charge in [0.05, 0.1) is 22.2 Å². The van der Waals surface area contributed by atoms with E-state index in [0.29, 0.717) is 12.3 Å². The lowest BCUT2D eigenvalue weighted by Crippen LogP contribution is -2.01. The summed E-state index contributed by atoms with van der Waals surface area (Å²) < 4.78 is 6.97. The third-order valence-electron chi connectivity index (χ3n) is 2.85. The molecule has 21 heavy (non-hydrogen) atoms. The lowest BCUT2D eigenvalue weighted by molar-refractivity contribution is -0.384. The number of non-ortho nitro benzene ring substituents is 1. The number of rotatable bonds is 5. The van der Waals surface area contributed by atoms with Crippen LogP contribution < -0.4 is 10.1 Å². The van der Waals surface area contributed by atoms with Gasteiger partial charge in [-0.05, 0) is 43.5 Å². The van der Waals surface area contributed by atoms with Crippen LogP contribution in [-0.4, -0.2) is 12.0 Å². The highest BCUT2D eigenvalue weighted by Gasteiger charge is 2.09. The zero-order valence-electron chi connectivity index (χ0n) is 11.1. The van der Waals surface area contributed by atoms with E-state index in [2.05, 4.69) is 37.2 Å². The van der Waals surface area contributed by atoms with E-state index in [4.69, 9.17) is 4.74 Å². The molecule has 0 radical (unpaired) electrons. The molecule has 1 N–H and O–H groups in total. The first-order valence-electron chi connectivity index (χ1n) is 6.01. The maximum atomic E-state index is 10.8. The summed E-state index contributed by atoms with van der Waals surface area (Å²) in [5.74, 6) is 0.708. The molecule has 7 heteroatoms. The van der Waals surface area contributed by atoms with Crippen molar-refractivity contribution in [2.24, 2.45) is 0 Å². The van der Waals surface area contributed by atoms with E-state index in [1.165, 1.54) is 6.07 Å². The minimum atomic E-state index is -0.401. The number of anilines is 1. The van der Waals surface area contributed by atoms with Gasteiger partial charge in [0.1, 0.15) is 5.75 Å². The maximum absolute atomic E-state index is 10.8. The molecule has 2 aromatic rings. The number of benzene rings is 2. The molecule has 0 spiro atoms. The summed E-state index contributed by atoms with van der Waals surface area (Å²) in [6.07, 6.45) is 0. The predicted octanol–water partition coefficient (Wildman–Crippen LogP) is 4.74. The molecule has 0 aliphatic heterocycles. The molecule has 0 heterocycles. The molecule has 2 aromatic carbocycles. The molecule has 0 fully saturated rings. The molecule has 0 saturated carbocycles. The van der Waals surface area contributed by atoms with Crippen LogP contribution in [-0.2, 0) is 6.54 Å². The largest absolute Gasteiger partial charge is 0.495 e. The number of methoxy groups -OCH3 is 1. The van der Waals surface area contributed by atoms with Crippen molar-refractivity contribution in [2.75, 3.05) is 12.4 Å². The minimum Gasteiger partial charge on any atom is -0.495 e. The Morgan fingerprint density at radius 2 is 2.00 bits per heavy atom. The second-order valence-electron chi connectivity index (χ2n) is 4.25. The quantitative estimate of drug-likeness (QED) is 0.565. The van der Waals surface area contributed by atoms with Crippen LogP contribution in [0.25, 0.3) is 0 Å². The van der Waals surface area contributed by atoms with Crippen LogP contribution in [0.3, 0.4) is 0 Å². The fraction of sp³-hybridized carbons (Fsp3) is 0.143. The van der Waals surface area contributed by atoms with Gasteiger partial charge in [-0.3, -0.25) is 10.1 Å². The monoisotopic (exact) mass is 414 g/mol. The van der Waals surface area contributed by atoms with Crippen molar-refractivity contribution in [3.8, 4) is 5.75 Å². The number of hydrogen-bond donors (Lipinski definition) is 1. The Hall–Kier alpha value is -1.60. The summed E-state index contributed by atoms with van der Waals surface area (Å²) in [5.41, 5.74) is 1.77. The molecule has 110 valence electrons. The molecular weight excluding hydrogens is 404 g/mol. The molecule has 0 unspecified atom stereocenters. The number of nitro groups is 1. The second kappa shape index (κ2) is 6.91. The van der Waals surface area contributed by atoms with Crippen molar-refractivity contribution in [3.63, 3.8) is 0 Å². The van der Waals surface area contributed by atoms with Crippen molar-refractivity contribution < 1.29 is 9.66 Å². The van der Waals surface area contributed by atoms with E-state index in [1.807, 2.05) is 18.2 Å². The highest BCUT2D eigenvalue weighted by Crippen LogP contribution is 2.34. The summed E-state index contributed by atoms with van der Waals surface area (Å²) in [4.78, 5) is 10.4. The first-order valence-corrected chi connectivity index (χ1v) is 7.60. The summed E-state index contributed by atoms with van der Waals surface area (Å²) in [7, 11) is 1.60. The van der Waals surface area contributed by atoms with Gasteiger partial charge in [-0.25, -0.2) is 0 Å². The van der Waals surface area contributed by atoms with Gasteiger partial charge in [0.15, 0.2) is 0 Å². The van der Waals surface area contributed by atoms with Crippen molar-refractivity contribution >= 4 is 43.2 Å². The number of nitro benzene ring substituents is 1. The van der Waals surface area contributed by atoms with E-state index in [9.17, 15) is 10.1 Å². The van der Waals surface area contributed by atoms with Crippen LogP contribution in [0.4, 0.5) is 11.4 Å². The van der Waals surface area contributed by atoms with Crippen LogP contribution in [0.15, 0.2) is 45.3 Å². The van der Waals surface area contributed by atoms with E-state index in [1.54, 1.807) is 19.2 Å². The van der Waals surface area contributed by atoms with Crippen molar-refractivity contribution in [3.05, 3.63) is 61.0 Å². The molecule has 0 saturated heterocycles. The maximum Gasteiger partial charge on any atom is 0.269 e. The van der Waals surface area contributed by atoms with Gasteiger partial charge < -0.3 is 10.1 Å². The lowest BCUT2D eigenvalue weighted by atomic mass is 10.2. The van der Waals surface area contributed by atoms with E-state index >= 15 is 0 Å². The number of halogens is 2. The van der Waals surface area contributed by atoms with Gasteiger partial charge in [0, 0.05) is 29.2 Å². The molecule has 0 atom stereocenters. The zero-order chi connectivity index (χ0) is 15.4. The van der Waals surface area contributed by atoms with E-state index in [0.717, 1.165) is 20.2 Å². The predicted molar refractivity (Wildman–Crippen MR) is 88.8 cm³/mol. The summed E-state index contributed by atoms with van der Waals surface area (Å²) in [6, 6.07) is 10.3. The lowest BCUT2D eigenvalue weighted by Gasteiger charge is -2.12. The van der Waals surface area contributed by atoms with Crippen LogP contribution in [0, 0.1) is 10.1 Å². The Kier molecular flexibility index (Phi) is 5.19. The molecule has 0 bridgehead atoms. The summed E-state index contributed by atoms with van der Waals surface area (Å²) >= 11 is 6.87. The smallest absolute Gasteiger partial charge is 0.269 e. The molecule has 5 nitrogen and oxygen atoms in total. The summed E-state index contributed by atoms with van der Waals surface area (Å²) in [6.45, 7) is 0.477. The second-order valence-corrected chi connectivity index (χ2v) is 5.96. The normalized spacial score (nSPS) is 10.2. The van der Waals surface area contributed by atoms with Gasteiger partial charge in [-0.1, -0.05) is 12.1 Å². The average Bonchev–Trinajstić information content (AvgIpc) is 2.46. The Morgan fingerprint density at radius 1 is 1.24 bits per heavy atom. The zero-order valence-corrected chi connectivity index (χ0v) is 14.3. The molecule has 0 aliphatic rings. The van der Waals surface area contributed by atoms with E-state index < -0.39 is 4.92 Å². The fourth-order valence-electron chi connectivity index (χ4n) is 1.80. The number of nitrogens with one attached hydrogen (secondary N) is 1. The Bertz CT molecular complexity index is 677. The van der Waals surface area contributed by atoms with Crippen LogP contribution in [0.2, 0.25) is 0 Å². The Morgan fingerprint density at radius 3 is 2.67 bits per heavy atom. The van der Waals surface area contributed by atoms with Gasteiger partial charge in [0.2, 0.25) is 0 Å². The average molecular weight is 416 g/mol. The van der Waals surface area contributed by atoms with Gasteiger partial charge >= 0.3 is 0 Å². The van der Waals surface area contributed by atoms with Gasteiger partial charge in [-0.15, -0.1) is 0 Å². The van der Waals surface area contributed by atoms with Gasteiger partial charge in [0.25, 0.3) is 5.69 Å². The van der Waals surface area contributed by atoms with Crippen LogP contribution >= 0.6 is 31.9 Å². The molecule has 0 aliphatic carbocycles.